The Bertz CT molecular complexity index is 1030. The Morgan fingerprint density at radius 1 is 0.556 bits per heavy atom. The summed E-state index contributed by atoms with van der Waals surface area (Å²) in [5, 5.41) is 11.6. The van der Waals surface area contributed by atoms with Gasteiger partial charge < -0.3 is 28.6 Å². The Balaban J connectivity index is 4.48. The summed E-state index contributed by atoms with van der Waals surface area (Å²) in [6, 6.07) is -0.736. The Labute approximate surface area is 331 Å². The molecule has 2 unspecified atom stereocenters. The van der Waals surface area contributed by atoms with Gasteiger partial charge in [-0.3, -0.25) is 9.59 Å². The maximum absolute atomic E-state index is 12.7. The third kappa shape index (κ3) is 35.0. The number of carbonyl (C=O) groups is 3. The fraction of sp³-hybridized carbons (Fsp3) is 0.761. The van der Waals surface area contributed by atoms with Crippen molar-refractivity contribution in [3.63, 3.8) is 0 Å². The van der Waals surface area contributed by atoms with Gasteiger partial charge in [-0.1, -0.05) is 133 Å². The van der Waals surface area contributed by atoms with Gasteiger partial charge in [0.15, 0.2) is 6.10 Å². The van der Waals surface area contributed by atoms with Crippen LogP contribution in [0.15, 0.2) is 48.6 Å². The summed E-state index contributed by atoms with van der Waals surface area (Å²) in [6.45, 7) is 4.57. The number of nitrogens with zero attached hydrogens (tertiary/aromatic N) is 1. The first kappa shape index (κ1) is 51.3. The van der Waals surface area contributed by atoms with Gasteiger partial charge >= 0.3 is 11.9 Å². The highest BCUT2D eigenvalue weighted by Gasteiger charge is 2.25. The van der Waals surface area contributed by atoms with E-state index in [2.05, 4.69) is 62.5 Å². The van der Waals surface area contributed by atoms with Gasteiger partial charge in [0.05, 0.1) is 40.3 Å². The fourth-order valence-corrected chi connectivity index (χ4v) is 6.02. The number of rotatable bonds is 38. The molecule has 0 aromatic heterocycles. The minimum Gasteiger partial charge on any atom is -0.544 e. The standard InChI is InChI=1S/C46H81NO7/c1-6-8-10-12-14-16-18-20-21-22-23-25-27-29-31-33-35-37-45(49)54-42(40-52-39-38-43(46(50)51)47(3,4)5)41-53-44(48)36-34-32-30-28-26-24-19-17-15-13-11-9-7-2/h20-21,23-26,29,31,42-43H,6-19,22,27-28,30,32-41H2,1-5H3/b21-20+,25-23+,26-24+,31-29+. The molecule has 0 heterocycles. The molecule has 0 amide bonds. The highest BCUT2D eigenvalue weighted by atomic mass is 16.6. The van der Waals surface area contributed by atoms with E-state index in [0.717, 1.165) is 51.4 Å². The van der Waals surface area contributed by atoms with Crippen molar-refractivity contribution in [2.75, 3.05) is 41.0 Å². The van der Waals surface area contributed by atoms with Crippen LogP contribution in [-0.4, -0.2) is 75.5 Å². The van der Waals surface area contributed by atoms with Crippen LogP contribution >= 0.6 is 0 Å². The van der Waals surface area contributed by atoms with E-state index in [-0.39, 0.29) is 49.1 Å². The second-order valence-electron chi connectivity index (χ2n) is 15.6. The molecular formula is C46H81NO7. The van der Waals surface area contributed by atoms with E-state index in [1.165, 1.54) is 83.5 Å². The molecule has 0 saturated heterocycles. The lowest BCUT2D eigenvalue weighted by Crippen LogP contribution is -2.55. The van der Waals surface area contributed by atoms with Crippen molar-refractivity contribution in [2.45, 2.75) is 187 Å². The Hall–Kier alpha value is -2.71. The van der Waals surface area contributed by atoms with Crippen molar-refractivity contribution in [3.8, 4) is 0 Å². The van der Waals surface area contributed by atoms with Gasteiger partial charge in [-0.15, -0.1) is 0 Å². The summed E-state index contributed by atoms with van der Waals surface area (Å²) < 4.78 is 17.1. The first-order valence-electron chi connectivity index (χ1n) is 21.7. The zero-order valence-electron chi connectivity index (χ0n) is 35.4. The predicted octanol–water partition coefficient (Wildman–Crippen LogP) is 10.3. The third-order valence-electron chi connectivity index (χ3n) is 9.44. The molecule has 0 bridgehead atoms. The molecule has 312 valence electrons. The smallest absolute Gasteiger partial charge is 0.306 e. The van der Waals surface area contributed by atoms with E-state index < -0.39 is 18.1 Å². The molecule has 0 radical (unpaired) electrons. The normalized spacial score (nSPS) is 13.4. The minimum atomic E-state index is -1.14. The summed E-state index contributed by atoms with van der Waals surface area (Å²) in [5.74, 6) is -1.83. The zero-order valence-corrected chi connectivity index (χ0v) is 35.4. The molecular weight excluding hydrogens is 679 g/mol. The van der Waals surface area contributed by atoms with Gasteiger partial charge in [-0.2, -0.15) is 0 Å². The molecule has 0 N–H and O–H groups in total. The number of likely N-dealkylation sites (N-methyl/N-ethyl adjacent to an activating group) is 1. The second-order valence-corrected chi connectivity index (χ2v) is 15.6. The molecule has 0 saturated carbocycles. The number of carboxylic acid groups (broad SMARTS) is 1. The largest absolute Gasteiger partial charge is 0.544 e. The van der Waals surface area contributed by atoms with Crippen molar-refractivity contribution in [1.29, 1.82) is 0 Å². The lowest BCUT2D eigenvalue weighted by atomic mass is 10.1. The SMILES string of the molecule is CCCCCCCC/C=C/C/C=C/C/C=C/CCCC(=O)OC(COCCC(C(=O)[O-])[N+](C)(C)C)COC(=O)CCCCC/C=C/CCCCCCCC. The molecule has 8 heteroatoms. The van der Waals surface area contributed by atoms with Gasteiger partial charge in [0.1, 0.15) is 12.6 Å². The number of unbranched alkanes of at least 4 members (excludes halogenated alkanes) is 16. The molecule has 0 rings (SSSR count). The minimum absolute atomic E-state index is 0.0154. The Kier molecular flexibility index (Phi) is 35.4. The lowest BCUT2D eigenvalue weighted by molar-refractivity contribution is -0.889. The molecule has 54 heavy (non-hydrogen) atoms. The second kappa shape index (κ2) is 37.2. The average molecular weight is 760 g/mol. The van der Waals surface area contributed by atoms with Crippen LogP contribution in [0.3, 0.4) is 0 Å². The average Bonchev–Trinajstić information content (AvgIpc) is 3.12. The van der Waals surface area contributed by atoms with Crippen molar-refractivity contribution >= 4 is 17.9 Å². The van der Waals surface area contributed by atoms with Crippen molar-refractivity contribution in [3.05, 3.63) is 48.6 Å². The van der Waals surface area contributed by atoms with Crippen molar-refractivity contribution in [2.24, 2.45) is 0 Å². The molecule has 0 spiro atoms. The monoisotopic (exact) mass is 760 g/mol. The number of hydrogen-bond acceptors (Lipinski definition) is 7. The maximum Gasteiger partial charge on any atom is 0.306 e. The predicted molar refractivity (Wildman–Crippen MR) is 222 cm³/mol. The Morgan fingerprint density at radius 2 is 1.00 bits per heavy atom. The fourth-order valence-electron chi connectivity index (χ4n) is 6.02. The number of carbonyl (C=O) groups excluding carboxylic acids is 3. The summed E-state index contributed by atoms with van der Waals surface area (Å²) in [4.78, 5) is 36.8. The van der Waals surface area contributed by atoms with E-state index >= 15 is 0 Å². The number of esters is 2. The van der Waals surface area contributed by atoms with E-state index in [9.17, 15) is 19.5 Å². The number of aliphatic carboxylic acids is 1. The van der Waals surface area contributed by atoms with Gasteiger partial charge in [0.2, 0.25) is 0 Å². The topological polar surface area (TPSA) is 102 Å². The molecule has 8 nitrogen and oxygen atoms in total. The zero-order chi connectivity index (χ0) is 40.0. The summed E-state index contributed by atoms with van der Waals surface area (Å²) in [6.07, 6.45) is 42.9. The summed E-state index contributed by atoms with van der Waals surface area (Å²) >= 11 is 0. The molecule has 0 aromatic carbocycles. The maximum atomic E-state index is 12.7. The van der Waals surface area contributed by atoms with Crippen LogP contribution < -0.4 is 5.11 Å². The molecule has 0 aliphatic heterocycles. The molecule has 0 fully saturated rings. The highest BCUT2D eigenvalue weighted by Crippen LogP contribution is 2.12. The van der Waals surface area contributed by atoms with Crippen LogP contribution in [0.1, 0.15) is 174 Å². The van der Waals surface area contributed by atoms with Crippen molar-refractivity contribution < 1.29 is 38.2 Å². The number of allylic oxidation sites excluding steroid dienone is 8. The molecule has 0 aliphatic carbocycles. The van der Waals surface area contributed by atoms with Gasteiger partial charge in [0.25, 0.3) is 0 Å². The number of ether oxygens (including phenoxy) is 3. The quantitative estimate of drug-likeness (QED) is 0.0267. The van der Waals surface area contributed by atoms with Crippen molar-refractivity contribution in [1.82, 2.24) is 0 Å². The first-order chi connectivity index (χ1) is 26.1. The van der Waals surface area contributed by atoms with Gasteiger partial charge in [-0.05, 0) is 70.6 Å². The number of quaternary nitrogens is 1. The van der Waals surface area contributed by atoms with E-state index in [4.69, 9.17) is 14.2 Å². The first-order valence-corrected chi connectivity index (χ1v) is 21.7. The van der Waals surface area contributed by atoms with Crippen LogP contribution in [0.4, 0.5) is 0 Å². The summed E-state index contributed by atoms with van der Waals surface area (Å²) in [7, 11) is 5.38. The van der Waals surface area contributed by atoms with E-state index in [0.29, 0.717) is 12.8 Å². The van der Waals surface area contributed by atoms with Crippen LogP contribution in [0.2, 0.25) is 0 Å². The highest BCUT2D eigenvalue weighted by molar-refractivity contribution is 5.70. The lowest BCUT2D eigenvalue weighted by Gasteiger charge is -2.34. The summed E-state index contributed by atoms with van der Waals surface area (Å²) in [5.41, 5.74) is 0. The van der Waals surface area contributed by atoms with Gasteiger partial charge in [0, 0.05) is 19.3 Å². The molecule has 0 aromatic rings. The van der Waals surface area contributed by atoms with Crippen LogP contribution in [-0.2, 0) is 28.6 Å². The number of hydrogen-bond donors (Lipinski definition) is 0. The van der Waals surface area contributed by atoms with Crippen LogP contribution in [0.25, 0.3) is 0 Å². The van der Waals surface area contributed by atoms with E-state index in [1.807, 2.05) is 0 Å². The van der Waals surface area contributed by atoms with Crippen LogP contribution in [0.5, 0.6) is 0 Å². The van der Waals surface area contributed by atoms with E-state index in [1.54, 1.807) is 21.1 Å². The number of carboxylic acids is 1. The third-order valence-corrected chi connectivity index (χ3v) is 9.44. The molecule has 0 aliphatic rings. The Morgan fingerprint density at radius 3 is 1.52 bits per heavy atom. The van der Waals surface area contributed by atoms with Crippen LogP contribution in [0, 0.1) is 0 Å². The van der Waals surface area contributed by atoms with Gasteiger partial charge in [-0.25, -0.2) is 0 Å². The molecule has 2 atom stereocenters.